The average molecular weight is 375 g/mol. The second-order valence-electron chi connectivity index (χ2n) is 7.18. The maximum atomic E-state index is 6.39. The molecule has 28 heavy (non-hydrogen) atoms. The highest BCUT2D eigenvalue weighted by Gasteiger charge is 2.21. The number of benzene rings is 2. The number of hydrogen-bond acceptors (Lipinski definition) is 4. The Bertz CT molecular complexity index is 1050. The Morgan fingerprint density at radius 3 is 2.75 bits per heavy atom. The van der Waals surface area contributed by atoms with E-state index in [0.29, 0.717) is 19.1 Å². The topological polar surface area (TPSA) is 60.0 Å². The molecule has 0 aliphatic carbocycles. The van der Waals surface area contributed by atoms with E-state index < -0.39 is 0 Å². The Morgan fingerprint density at radius 1 is 1.07 bits per heavy atom. The van der Waals surface area contributed by atoms with Gasteiger partial charge in [0.05, 0.1) is 41.8 Å². The number of methoxy groups -OCH3 is 1. The summed E-state index contributed by atoms with van der Waals surface area (Å²) in [4.78, 5) is 12.2. The molecule has 0 amide bonds. The number of ether oxygens (including phenoxy) is 2. The van der Waals surface area contributed by atoms with Gasteiger partial charge in [-0.2, -0.15) is 0 Å². The molecule has 2 aromatic heterocycles. The Morgan fingerprint density at radius 2 is 1.93 bits per heavy atom. The highest BCUT2D eigenvalue weighted by molar-refractivity contribution is 6.01. The smallest absolute Gasteiger partial charge is 0.0992 e. The van der Waals surface area contributed by atoms with Crippen molar-refractivity contribution in [2.45, 2.75) is 26.1 Å². The van der Waals surface area contributed by atoms with Crippen LogP contribution in [0, 0.1) is 5.92 Å². The number of pyridine rings is 1. The molecule has 2 heterocycles. The van der Waals surface area contributed by atoms with Gasteiger partial charge in [0.2, 0.25) is 0 Å². The van der Waals surface area contributed by atoms with E-state index in [1.807, 2.05) is 24.4 Å². The van der Waals surface area contributed by atoms with Gasteiger partial charge in [0.25, 0.3) is 0 Å². The summed E-state index contributed by atoms with van der Waals surface area (Å²) in [5.41, 5.74) is 5.14. The van der Waals surface area contributed by atoms with Crippen LogP contribution in [0.1, 0.15) is 30.6 Å². The van der Waals surface area contributed by atoms with Crippen LogP contribution in [0.5, 0.6) is 0 Å². The van der Waals surface area contributed by atoms with Gasteiger partial charge in [0.15, 0.2) is 0 Å². The molecule has 2 unspecified atom stereocenters. The van der Waals surface area contributed by atoms with Gasteiger partial charge in [-0.25, -0.2) is 4.98 Å². The third kappa shape index (κ3) is 3.91. The molecule has 0 bridgehead atoms. The molecule has 5 nitrogen and oxygen atoms in total. The lowest BCUT2D eigenvalue weighted by Gasteiger charge is -2.25. The zero-order chi connectivity index (χ0) is 19.3. The van der Waals surface area contributed by atoms with Crippen molar-refractivity contribution in [2.75, 3.05) is 13.7 Å². The average Bonchev–Trinajstić information content (AvgIpc) is 3.22. The predicted molar refractivity (Wildman–Crippen MR) is 111 cm³/mol. The zero-order valence-electron chi connectivity index (χ0n) is 16.3. The van der Waals surface area contributed by atoms with Gasteiger partial charge < -0.3 is 14.5 Å². The molecule has 0 aliphatic heterocycles. The van der Waals surface area contributed by atoms with E-state index in [2.05, 4.69) is 52.2 Å². The molecule has 5 heteroatoms. The lowest BCUT2D eigenvalue weighted by Crippen LogP contribution is -2.15. The maximum absolute atomic E-state index is 6.39. The van der Waals surface area contributed by atoms with Crippen molar-refractivity contribution in [3.8, 4) is 0 Å². The first-order valence-corrected chi connectivity index (χ1v) is 9.62. The van der Waals surface area contributed by atoms with Crippen LogP contribution >= 0.6 is 0 Å². The van der Waals surface area contributed by atoms with Gasteiger partial charge in [-0.05, 0) is 29.5 Å². The number of aromatic amines is 1. The normalized spacial score (nSPS) is 13.8. The molecule has 0 spiro atoms. The molecular formula is C23H25N3O2. The van der Waals surface area contributed by atoms with Crippen molar-refractivity contribution in [1.82, 2.24) is 15.0 Å². The number of nitrogens with one attached hydrogen (secondary N) is 1. The molecule has 2 aromatic carbocycles. The van der Waals surface area contributed by atoms with Crippen LogP contribution in [0.15, 0.2) is 61.1 Å². The number of hydrogen-bond donors (Lipinski definition) is 1. The first-order chi connectivity index (χ1) is 13.8. The number of aromatic nitrogens is 3. The van der Waals surface area contributed by atoms with Crippen LogP contribution in [0.2, 0.25) is 0 Å². The number of rotatable bonds is 8. The molecule has 0 saturated heterocycles. The third-order valence-electron chi connectivity index (χ3n) is 5.17. The summed E-state index contributed by atoms with van der Waals surface area (Å²) in [7, 11) is 1.74. The Labute approximate surface area is 164 Å². The standard InChI is InChI=1S/C23H25N3O2/c1-16(10-11-27-2)23(28-14-17-6-4-3-5-7-17)18-8-9-19-20(12-18)24-13-21-22(19)26-15-25-21/h3-9,12-13,15-16,23H,10-11,14H2,1-2H3,(H,25,26). The summed E-state index contributed by atoms with van der Waals surface area (Å²) in [6, 6.07) is 16.6. The molecule has 144 valence electrons. The van der Waals surface area contributed by atoms with Crippen LogP contribution in [-0.4, -0.2) is 28.7 Å². The lowest BCUT2D eigenvalue weighted by molar-refractivity contribution is -0.00463. The SMILES string of the molecule is COCCC(C)C(OCc1ccccc1)c1ccc2c(c1)ncc1[nH]cnc12. The van der Waals surface area contributed by atoms with E-state index >= 15 is 0 Å². The maximum Gasteiger partial charge on any atom is 0.0992 e. The summed E-state index contributed by atoms with van der Waals surface area (Å²) in [5.74, 6) is 0.315. The minimum Gasteiger partial charge on any atom is -0.385 e. The highest BCUT2D eigenvalue weighted by Crippen LogP contribution is 2.32. The van der Waals surface area contributed by atoms with E-state index in [1.54, 1.807) is 13.4 Å². The zero-order valence-corrected chi connectivity index (χ0v) is 16.3. The molecule has 2 atom stereocenters. The van der Waals surface area contributed by atoms with Crippen LogP contribution in [-0.2, 0) is 16.1 Å². The fourth-order valence-corrected chi connectivity index (χ4v) is 3.59. The molecular weight excluding hydrogens is 350 g/mol. The lowest BCUT2D eigenvalue weighted by atomic mass is 9.93. The van der Waals surface area contributed by atoms with Crippen LogP contribution < -0.4 is 0 Å². The van der Waals surface area contributed by atoms with E-state index in [9.17, 15) is 0 Å². The fraction of sp³-hybridized carbons (Fsp3) is 0.304. The second-order valence-corrected chi connectivity index (χ2v) is 7.18. The summed E-state index contributed by atoms with van der Waals surface area (Å²) in [6.07, 6.45) is 4.44. The molecule has 4 rings (SSSR count). The summed E-state index contributed by atoms with van der Waals surface area (Å²) >= 11 is 0. The third-order valence-corrected chi connectivity index (χ3v) is 5.17. The molecule has 0 saturated carbocycles. The molecule has 4 aromatic rings. The van der Waals surface area contributed by atoms with Crippen molar-refractivity contribution in [3.63, 3.8) is 0 Å². The minimum absolute atomic E-state index is 0.0311. The minimum atomic E-state index is -0.0311. The molecule has 0 radical (unpaired) electrons. The van der Waals surface area contributed by atoms with Crippen molar-refractivity contribution >= 4 is 21.9 Å². The summed E-state index contributed by atoms with van der Waals surface area (Å²) in [5, 5.41) is 1.05. The number of nitrogens with zero attached hydrogens (tertiary/aromatic N) is 2. The number of imidazole rings is 1. The number of H-pyrrole nitrogens is 1. The van der Waals surface area contributed by atoms with E-state index in [-0.39, 0.29) is 6.10 Å². The van der Waals surface area contributed by atoms with Crippen molar-refractivity contribution < 1.29 is 9.47 Å². The molecule has 1 N–H and O–H groups in total. The Hall–Kier alpha value is -2.76. The van der Waals surface area contributed by atoms with Gasteiger partial charge in [-0.15, -0.1) is 0 Å². The first-order valence-electron chi connectivity index (χ1n) is 9.62. The van der Waals surface area contributed by atoms with E-state index in [0.717, 1.165) is 33.9 Å². The highest BCUT2D eigenvalue weighted by atomic mass is 16.5. The van der Waals surface area contributed by atoms with Gasteiger partial charge in [-0.1, -0.05) is 49.4 Å². The molecule has 0 fully saturated rings. The quantitative estimate of drug-likeness (QED) is 0.469. The Balaban J connectivity index is 1.64. The van der Waals surface area contributed by atoms with Crippen molar-refractivity contribution in [2.24, 2.45) is 5.92 Å². The monoisotopic (exact) mass is 375 g/mol. The molecule has 0 aliphatic rings. The van der Waals surface area contributed by atoms with Gasteiger partial charge >= 0.3 is 0 Å². The summed E-state index contributed by atoms with van der Waals surface area (Å²) < 4.78 is 11.7. The van der Waals surface area contributed by atoms with Gasteiger partial charge in [-0.3, -0.25) is 4.98 Å². The summed E-state index contributed by atoms with van der Waals surface area (Å²) in [6.45, 7) is 3.50. The first kappa shape index (κ1) is 18.6. The van der Waals surface area contributed by atoms with Crippen molar-refractivity contribution in [3.05, 3.63) is 72.2 Å². The van der Waals surface area contributed by atoms with E-state index in [1.165, 1.54) is 5.56 Å². The predicted octanol–water partition coefficient (Wildman–Crippen LogP) is 5.04. The number of fused-ring (bicyclic) bond motifs is 3. The largest absolute Gasteiger partial charge is 0.385 e. The van der Waals surface area contributed by atoms with Crippen LogP contribution in [0.3, 0.4) is 0 Å². The van der Waals surface area contributed by atoms with Gasteiger partial charge in [0, 0.05) is 19.1 Å². The van der Waals surface area contributed by atoms with E-state index in [4.69, 9.17) is 9.47 Å². The van der Waals surface area contributed by atoms with Gasteiger partial charge in [0.1, 0.15) is 0 Å². The fourth-order valence-electron chi connectivity index (χ4n) is 3.59. The second kappa shape index (κ2) is 8.50. The Kier molecular flexibility index (Phi) is 5.65. The van der Waals surface area contributed by atoms with Crippen LogP contribution in [0.4, 0.5) is 0 Å². The van der Waals surface area contributed by atoms with Crippen molar-refractivity contribution in [1.29, 1.82) is 0 Å². The van der Waals surface area contributed by atoms with Crippen LogP contribution in [0.25, 0.3) is 21.9 Å².